The molecule has 1 aliphatic heterocycles. The summed E-state index contributed by atoms with van der Waals surface area (Å²) in [4.78, 5) is 11.5. The monoisotopic (exact) mass is 187 g/mol. The van der Waals surface area contributed by atoms with Crippen LogP contribution >= 0.6 is 0 Å². The van der Waals surface area contributed by atoms with Crippen molar-refractivity contribution in [3.05, 3.63) is 0 Å². The lowest BCUT2D eigenvalue weighted by molar-refractivity contribution is -0.177. The highest BCUT2D eigenvalue weighted by atomic mass is 16.5. The molecule has 0 atom stereocenters. The summed E-state index contributed by atoms with van der Waals surface area (Å²) in [6, 6.07) is 0. The third kappa shape index (κ3) is 1.56. The van der Waals surface area contributed by atoms with Crippen LogP contribution in [0.3, 0.4) is 0 Å². The molecule has 1 rings (SSSR count). The van der Waals surface area contributed by atoms with Crippen LogP contribution in [0.15, 0.2) is 0 Å². The molecule has 4 heteroatoms. The SMILES string of the molecule is CCOC(=O)C(C)(C)C1(O)CNC1. The van der Waals surface area contributed by atoms with Gasteiger partial charge in [0.15, 0.2) is 0 Å². The summed E-state index contributed by atoms with van der Waals surface area (Å²) < 4.78 is 4.90. The van der Waals surface area contributed by atoms with Crippen LogP contribution in [0.5, 0.6) is 0 Å². The first kappa shape index (κ1) is 10.5. The van der Waals surface area contributed by atoms with Gasteiger partial charge in [0.1, 0.15) is 5.60 Å². The molecule has 0 aromatic carbocycles. The maximum Gasteiger partial charge on any atom is 0.314 e. The van der Waals surface area contributed by atoms with Crippen molar-refractivity contribution in [3.8, 4) is 0 Å². The number of nitrogens with one attached hydrogen (secondary N) is 1. The van der Waals surface area contributed by atoms with Crippen molar-refractivity contribution in [3.63, 3.8) is 0 Å². The van der Waals surface area contributed by atoms with E-state index in [1.54, 1.807) is 20.8 Å². The van der Waals surface area contributed by atoms with Crippen LogP contribution in [0, 0.1) is 5.41 Å². The Bertz CT molecular complexity index is 209. The number of carbonyl (C=O) groups excluding carboxylic acids is 1. The molecule has 0 unspecified atom stereocenters. The van der Waals surface area contributed by atoms with E-state index in [9.17, 15) is 9.90 Å². The molecule has 0 radical (unpaired) electrons. The summed E-state index contributed by atoms with van der Waals surface area (Å²) >= 11 is 0. The molecular weight excluding hydrogens is 170 g/mol. The summed E-state index contributed by atoms with van der Waals surface area (Å²) in [6.07, 6.45) is 0. The van der Waals surface area contributed by atoms with E-state index >= 15 is 0 Å². The lowest BCUT2D eigenvalue weighted by Crippen LogP contribution is -2.69. The lowest BCUT2D eigenvalue weighted by atomic mass is 9.71. The highest BCUT2D eigenvalue weighted by Gasteiger charge is 2.53. The van der Waals surface area contributed by atoms with Crippen molar-refractivity contribution in [2.24, 2.45) is 5.41 Å². The van der Waals surface area contributed by atoms with Crippen molar-refractivity contribution in [1.82, 2.24) is 5.32 Å². The Hall–Kier alpha value is -0.610. The van der Waals surface area contributed by atoms with E-state index in [0.29, 0.717) is 19.7 Å². The first-order chi connectivity index (χ1) is 5.94. The Balaban J connectivity index is 2.68. The molecule has 0 bridgehead atoms. The van der Waals surface area contributed by atoms with E-state index in [2.05, 4.69) is 5.32 Å². The highest BCUT2D eigenvalue weighted by molar-refractivity contribution is 5.78. The predicted molar refractivity (Wildman–Crippen MR) is 48.2 cm³/mol. The maximum absolute atomic E-state index is 11.5. The molecule has 0 amide bonds. The molecule has 4 nitrogen and oxygen atoms in total. The van der Waals surface area contributed by atoms with Gasteiger partial charge in [-0.15, -0.1) is 0 Å². The zero-order valence-electron chi connectivity index (χ0n) is 8.39. The van der Waals surface area contributed by atoms with Gasteiger partial charge in [-0.05, 0) is 20.8 Å². The summed E-state index contributed by atoms with van der Waals surface area (Å²) in [5.74, 6) is -0.334. The van der Waals surface area contributed by atoms with Gasteiger partial charge < -0.3 is 15.2 Å². The molecule has 1 heterocycles. The second-order valence-corrected chi connectivity index (χ2v) is 3.98. The molecule has 0 aliphatic carbocycles. The third-order valence-corrected chi connectivity index (χ3v) is 2.78. The number of β-amino-alcohol motifs (C(OH)–C–C–N with tert-alkyl or cyclic N) is 1. The van der Waals surface area contributed by atoms with Crippen LogP contribution in [0.4, 0.5) is 0 Å². The molecule has 0 aromatic rings. The van der Waals surface area contributed by atoms with Gasteiger partial charge in [-0.25, -0.2) is 0 Å². The van der Waals surface area contributed by atoms with Crippen LogP contribution in [-0.4, -0.2) is 36.4 Å². The van der Waals surface area contributed by atoms with Crippen LogP contribution in [0.1, 0.15) is 20.8 Å². The second kappa shape index (κ2) is 3.27. The topological polar surface area (TPSA) is 58.6 Å². The zero-order valence-corrected chi connectivity index (χ0v) is 8.39. The number of aliphatic hydroxyl groups is 1. The van der Waals surface area contributed by atoms with E-state index in [4.69, 9.17) is 4.74 Å². The van der Waals surface area contributed by atoms with Gasteiger partial charge in [0.25, 0.3) is 0 Å². The van der Waals surface area contributed by atoms with Crippen molar-refractivity contribution < 1.29 is 14.6 Å². The molecule has 1 fully saturated rings. The number of rotatable bonds is 3. The van der Waals surface area contributed by atoms with Crippen molar-refractivity contribution in [1.29, 1.82) is 0 Å². The summed E-state index contributed by atoms with van der Waals surface area (Å²) in [5, 5.41) is 12.9. The van der Waals surface area contributed by atoms with E-state index in [0.717, 1.165) is 0 Å². The van der Waals surface area contributed by atoms with Crippen LogP contribution in [0.2, 0.25) is 0 Å². The summed E-state index contributed by atoms with van der Waals surface area (Å²) in [5.41, 5.74) is -1.77. The summed E-state index contributed by atoms with van der Waals surface area (Å²) in [7, 11) is 0. The Morgan fingerprint density at radius 1 is 1.62 bits per heavy atom. The number of carbonyl (C=O) groups is 1. The third-order valence-electron chi connectivity index (χ3n) is 2.78. The number of hydrogen-bond acceptors (Lipinski definition) is 4. The van der Waals surface area contributed by atoms with Gasteiger partial charge in [0.05, 0.1) is 12.0 Å². The number of hydrogen-bond donors (Lipinski definition) is 2. The minimum Gasteiger partial charge on any atom is -0.465 e. The van der Waals surface area contributed by atoms with E-state index in [1.165, 1.54) is 0 Å². The normalized spacial score (nSPS) is 20.6. The average molecular weight is 187 g/mol. The second-order valence-electron chi connectivity index (χ2n) is 3.98. The van der Waals surface area contributed by atoms with Gasteiger partial charge >= 0.3 is 5.97 Å². The summed E-state index contributed by atoms with van der Waals surface area (Å²) in [6.45, 7) is 6.46. The molecule has 13 heavy (non-hydrogen) atoms. The van der Waals surface area contributed by atoms with Gasteiger partial charge in [-0.2, -0.15) is 0 Å². The molecule has 2 N–H and O–H groups in total. The Morgan fingerprint density at radius 2 is 2.15 bits per heavy atom. The number of esters is 1. The van der Waals surface area contributed by atoms with Crippen molar-refractivity contribution in [2.45, 2.75) is 26.4 Å². The minimum absolute atomic E-state index is 0.334. The van der Waals surface area contributed by atoms with Gasteiger partial charge in [-0.1, -0.05) is 0 Å². The van der Waals surface area contributed by atoms with Crippen molar-refractivity contribution in [2.75, 3.05) is 19.7 Å². The van der Waals surface area contributed by atoms with Gasteiger partial charge in [-0.3, -0.25) is 4.79 Å². The number of ether oxygens (including phenoxy) is 1. The Morgan fingerprint density at radius 3 is 2.46 bits per heavy atom. The average Bonchev–Trinajstić information content (AvgIpc) is 2.00. The molecule has 76 valence electrons. The quantitative estimate of drug-likeness (QED) is 0.606. The van der Waals surface area contributed by atoms with Gasteiger partial charge in [0.2, 0.25) is 0 Å². The lowest BCUT2D eigenvalue weighted by Gasteiger charge is -2.47. The van der Waals surface area contributed by atoms with E-state index < -0.39 is 11.0 Å². The van der Waals surface area contributed by atoms with Crippen LogP contribution in [-0.2, 0) is 9.53 Å². The molecule has 0 aromatic heterocycles. The standard InChI is InChI=1S/C9H17NO3/c1-4-13-7(11)8(2,3)9(12)5-10-6-9/h10,12H,4-6H2,1-3H3. The Kier molecular flexibility index (Phi) is 2.63. The van der Waals surface area contributed by atoms with Crippen LogP contribution < -0.4 is 5.32 Å². The van der Waals surface area contributed by atoms with Crippen LogP contribution in [0.25, 0.3) is 0 Å². The maximum atomic E-state index is 11.5. The fourth-order valence-electron chi connectivity index (χ4n) is 1.31. The van der Waals surface area contributed by atoms with Crippen molar-refractivity contribution >= 4 is 5.97 Å². The Labute approximate surface area is 78.3 Å². The predicted octanol–water partition coefficient (Wildman–Crippen LogP) is -0.0900. The molecule has 0 spiro atoms. The zero-order chi connectivity index (χ0) is 10.1. The minimum atomic E-state index is -0.945. The van der Waals surface area contributed by atoms with Gasteiger partial charge in [0, 0.05) is 13.1 Å². The van der Waals surface area contributed by atoms with E-state index in [-0.39, 0.29) is 5.97 Å². The molecular formula is C9H17NO3. The molecule has 1 saturated heterocycles. The fraction of sp³-hybridized carbons (Fsp3) is 0.889. The largest absolute Gasteiger partial charge is 0.465 e. The molecule has 0 saturated carbocycles. The smallest absolute Gasteiger partial charge is 0.314 e. The first-order valence-corrected chi connectivity index (χ1v) is 4.54. The molecule has 1 aliphatic rings. The first-order valence-electron chi connectivity index (χ1n) is 4.54. The fourth-order valence-corrected chi connectivity index (χ4v) is 1.31. The highest BCUT2D eigenvalue weighted by Crippen LogP contribution is 2.35. The van der Waals surface area contributed by atoms with E-state index in [1.807, 2.05) is 0 Å².